The number of carbonyl (C=O) groups is 2. The highest BCUT2D eigenvalue weighted by molar-refractivity contribution is 5.97. The molecule has 2 rings (SSSR count). The van der Waals surface area contributed by atoms with Crippen molar-refractivity contribution in [2.75, 3.05) is 25.6 Å². The summed E-state index contributed by atoms with van der Waals surface area (Å²) in [4.78, 5) is 24.3. The van der Waals surface area contributed by atoms with Crippen LogP contribution in [0.2, 0.25) is 0 Å². The Morgan fingerprint density at radius 1 is 1.04 bits per heavy atom. The van der Waals surface area contributed by atoms with E-state index < -0.39 is 5.97 Å². The van der Waals surface area contributed by atoms with Crippen LogP contribution in [0.25, 0.3) is 0 Å². The van der Waals surface area contributed by atoms with Gasteiger partial charge in [-0.15, -0.1) is 0 Å². The van der Waals surface area contributed by atoms with Crippen molar-refractivity contribution in [1.29, 1.82) is 0 Å². The molecule has 0 saturated heterocycles. The quantitative estimate of drug-likeness (QED) is 0.697. The highest BCUT2D eigenvalue weighted by atomic mass is 16.5. The zero-order chi connectivity index (χ0) is 19.8. The Balaban J connectivity index is 2.05. The van der Waals surface area contributed by atoms with Gasteiger partial charge in [0.15, 0.2) is 6.61 Å². The number of hydrogen-bond acceptors (Lipinski definition) is 5. The van der Waals surface area contributed by atoms with Gasteiger partial charge in [-0.1, -0.05) is 24.3 Å². The number of para-hydroxylation sites is 1. The topological polar surface area (TPSA) is 76.7 Å². The van der Waals surface area contributed by atoms with Gasteiger partial charge in [0.25, 0.3) is 5.91 Å². The number of nitrogens with one attached hydrogen (secondary N) is 2. The molecule has 2 aromatic rings. The molecule has 2 N–H and O–H groups in total. The lowest BCUT2D eigenvalue weighted by atomic mass is 10.1. The Morgan fingerprint density at radius 2 is 1.74 bits per heavy atom. The first-order valence-corrected chi connectivity index (χ1v) is 8.80. The van der Waals surface area contributed by atoms with Crippen molar-refractivity contribution in [1.82, 2.24) is 5.32 Å². The summed E-state index contributed by atoms with van der Waals surface area (Å²) in [6, 6.07) is 12.9. The van der Waals surface area contributed by atoms with Crippen molar-refractivity contribution in [3.05, 3.63) is 59.2 Å². The van der Waals surface area contributed by atoms with Crippen LogP contribution in [0.4, 0.5) is 11.4 Å². The van der Waals surface area contributed by atoms with Gasteiger partial charge in [-0.2, -0.15) is 0 Å². The van der Waals surface area contributed by atoms with Gasteiger partial charge in [0.05, 0.1) is 17.9 Å². The van der Waals surface area contributed by atoms with E-state index in [4.69, 9.17) is 9.47 Å². The zero-order valence-electron chi connectivity index (χ0n) is 16.2. The molecule has 0 aromatic heterocycles. The molecule has 6 nitrogen and oxygen atoms in total. The van der Waals surface area contributed by atoms with Crippen LogP contribution in [-0.2, 0) is 14.3 Å². The molecule has 0 fully saturated rings. The second-order valence-corrected chi connectivity index (χ2v) is 6.42. The van der Waals surface area contributed by atoms with Crippen LogP contribution in [-0.4, -0.2) is 38.2 Å². The van der Waals surface area contributed by atoms with E-state index in [-0.39, 0.29) is 18.6 Å². The van der Waals surface area contributed by atoms with Gasteiger partial charge in [-0.05, 0) is 50.1 Å². The van der Waals surface area contributed by atoms with E-state index in [2.05, 4.69) is 10.6 Å². The van der Waals surface area contributed by atoms with Gasteiger partial charge in [-0.25, -0.2) is 4.79 Å². The molecule has 0 heterocycles. The first-order chi connectivity index (χ1) is 12.9. The highest BCUT2D eigenvalue weighted by Crippen LogP contribution is 2.25. The number of rotatable bonds is 8. The van der Waals surface area contributed by atoms with Crippen LogP contribution in [0, 0.1) is 13.8 Å². The summed E-state index contributed by atoms with van der Waals surface area (Å²) >= 11 is 0. The molecule has 0 aliphatic carbocycles. The molecule has 0 aliphatic rings. The fraction of sp³-hybridized carbons (Fsp3) is 0.333. The molecule has 6 heteroatoms. The number of benzene rings is 2. The van der Waals surface area contributed by atoms with E-state index in [1.54, 1.807) is 25.3 Å². The van der Waals surface area contributed by atoms with Gasteiger partial charge in [-0.3, -0.25) is 4.79 Å². The standard InChI is InChI=1S/C21H26N2O4/c1-14-8-7-11-18(16(14)3)23-19-10-6-5-9-17(19)21(25)27-13-20(24)22-15(2)12-26-4/h5-11,15,23H,12-13H2,1-4H3,(H,22,24)/t15-/m1/s1. The van der Waals surface area contributed by atoms with Crippen molar-refractivity contribution in [3.63, 3.8) is 0 Å². The number of hydrogen-bond donors (Lipinski definition) is 2. The maximum Gasteiger partial charge on any atom is 0.340 e. The van der Waals surface area contributed by atoms with E-state index >= 15 is 0 Å². The van der Waals surface area contributed by atoms with E-state index in [0.29, 0.717) is 17.9 Å². The number of amides is 1. The lowest BCUT2D eigenvalue weighted by molar-refractivity contribution is -0.125. The minimum atomic E-state index is -0.557. The van der Waals surface area contributed by atoms with Crippen LogP contribution in [0.5, 0.6) is 0 Å². The number of methoxy groups -OCH3 is 1. The number of esters is 1. The maximum absolute atomic E-state index is 12.5. The first kappa shape index (κ1) is 20.5. The Labute approximate surface area is 159 Å². The summed E-state index contributed by atoms with van der Waals surface area (Å²) in [5.41, 5.74) is 4.18. The van der Waals surface area contributed by atoms with Gasteiger partial charge in [0.1, 0.15) is 0 Å². The van der Waals surface area contributed by atoms with Gasteiger partial charge in [0, 0.05) is 18.8 Å². The Morgan fingerprint density at radius 3 is 2.48 bits per heavy atom. The molecule has 0 radical (unpaired) electrons. The molecule has 27 heavy (non-hydrogen) atoms. The number of anilines is 2. The van der Waals surface area contributed by atoms with Crippen molar-refractivity contribution in [3.8, 4) is 0 Å². The predicted molar refractivity (Wildman–Crippen MR) is 105 cm³/mol. The van der Waals surface area contributed by atoms with Crippen molar-refractivity contribution in [2.24, 2.45) is 0 Å². The third-order valence-electron chi connectivity index (χ3n) is 4.18. The Hall–Kier alpha value is -2.86. The maximum atomic E-state index is 12.5. The van der Waals surface area contributed by atoms with E-state index in [9.17, 15) is 9.59 Å². The molecule has 0 unspecified atom stereocenters. The largest absolute Gasteiger partial charge is 0.452 e. The van der Waals surface area contributed by atoms with Crippen LogP contribution in [0.3, 0.4) is 0 Å². The minimum Gasteiger partial charge on any atom is -0.452 e. The smallest absolute Gasteiger partial charge is 0.340 e. The molecule has 0 spiro atoms. The molecule has 0 aliphatic heterocycles. The van der Waals surface area contributed by atoms with Gasteiger partial charge < -0.3 is 20.1 Å². The lowest BCUT2D eigenvalue weighted by Gasteiger charge is -2.15. The third-order valence-corrected chi connectivity index (χ3v) is 4.18. The second kappa shape index (κ2) is 9.73. The molecule has 1 atom stereocenters. The molecule has 1 amide bonds. The second-order valence-electron chi connectivity index (χ2n) is 6.42. The average Bonchev–Trinajstić information content (AvgIpc) is 2.64. The fourth-order valence-corrected chi connectivity index (χ4v) is 2.62. The van der Waals surface area contributed by atoms with Crippen molar-refractivity contribution >= 4 is 23.3 Å². The molecular weight excluding hydrogens is 344 g/mol. The van der Waals surface area contributed by atoms with Crippen molar-refractivity contribution in [2.45, 2.75) is 26.8 Å². The van der Waals surface area contributed by atoms with Crippen molar-refractivity contribution < 1.29 is 19.1 Å². The SMILES string of the molecule is COC[C@@H](C)NC(=O)COC(=O)c1ccccc1Nc1cccc(C)c1C. The Bertz CT molecular complexity index is 805. The molecule has 144 valence electrons. The summed E-state index contributed by atoms with van der Waals surface area (Å²) in [5, 5.41) is 5.98. The average molecular weight is 370 g/mol. The molecule has 0 saturated carbocycles. The molecule has 0 bridgehead atoms. The summed E-state index contributed by atoms with van der Waals surface area (Å²) < 4.78 is 10.1. The fourth-order valence-electron chi connectivity index (χ4n) is 2.62. The summed E-state index contributed by atoms with van der Waals surface area (Å²) in [6.07, 6.45) is 0. The van der Waals surface area contributed by atoms with E-state index in [1.807, 2.05) is 45.0 Å². The van der Waals surface area contributed by atoms with Gasteiger partial charge in [0.2, 0.25) is 0 Å². The Kier molecular flexibility index (Phi) is 7.37. The van der Waals surface area contributed by atoms with Crippen LogP contribution < -0.4 is 10.6 Å². The van der Waals surface area contributed by atoms with E-state index in [1.165, 1.54) is 0 Å². The first-order valence-electron chi connectivity index (χ1n) is 8.80. The predicted octanol–water partition coefficient (Wildman–Crippen LogP) is 3.35. The van der Waals surface area contributed by atoms with E-state index in [0.717, 1.165) is 16.8 Å². The highest BCUT2D eigenvalue weighted by Gasteiger charge is 2.16. The number of aryl methyl sites for hydroxylation is 1. The molecular formula is C21H26N2O4. The van der Waals surface area contributed by atoms with Crippen LogP contribution in [0.1, 0.15) is 28.4 Å². The summed E-state index contributed by atoms with van der Waals surface area (Å²) in [6.45, 7) is 5.91. The zero-order valence-corrected chi connectivity index (χ0v) is 16.2. The van der Waals surface area contributed by atoms with Crippen LogP contribution >= 0.6 is 0 Å². The monoisotopic (exact) mass is 370 g/mol. The lowest BCUT2D eigenvalue weighted by Crippen LogP contribution is -2.38. The van der Waals surface area contributed by atoms with Crippen LogP contribution in [0.15, 0.2) is 42.5 Å². The normalized spacial score (nSPS) is 11.6. The number of carbonyl (C=O) groups excluding carboxylic acids is 2. The minimum absolute atomic E-state index is 0.153. The number of ether oxygens (including phenoxy) is 2. The summed E-state index contributed by atoms with van der Waals surface area (Å²) in [5.74, 6) is -0.925. The van der Waals surface area contributed by atoms with Gasteiger partial charge >= 0.3 is 5.97 Å². The summed E-state index contributed by atoms with van der Waals surface area (Å²) in [7, 11) is 1.56. The third kappa shape index (κ3) is 5.82. The molecule has 2 aromatic carbocycles.